The van der Waals surface area contributed by atoms with Gasteiger partial charge in [-0.15, -0.1) is 0 Å². The minimum absolute atomic E-state index is 0.0907. The standard InChI is InChI=1S/C22H27ClN2O2/c1-12-4-5-17(23)11-18(12)20(26)25-22(2,3)21(27)24(25)19-15-7-13-6-14(9-15)10-16(19)8-13/h4-5,11,13-16,19H,6-10H2,1-3H3. The van der Waals surface area contributed by atoms with Crippen molar-refractivity contribution in [3.8, 4) is 0 Å². The van der Waals surface area contributed by atoms with Gasteiger partial charge in [-0.3, -0.25) is 9.59 Å². The zero-order valence-corrected chi connectivity index (χ0v) is 17.0. The zero-order valence-electron chi connectivity index (χ0n) is 16.2. The number of amides is 2. The summed E-state index contributed by atoms with van der Waals surface area (Å²) in [5.41, 5.74) is 0.696. The van der Waals surface area contributed by atoms with E-state index in [9.17, 15) is 9.59 Å². The lowest BCUT2D eigenvalue weighted by atomic mass is 9.53. The van der Waals surface area contributed by atoms with Gasteiger partial charge in [0.05, 0.1) is 6.04 Å². The Morgan fingerprint density at radius 3 is 2.26 bits per heavy atom. The molecule has 5 fully saturated rings. The van der Waals surface area contributed by atoms with E-state index in [0.717, 1.165) is 17.4 Å². The molecule has 0 unspecified atom stereocenters. The number of hydrogen-bond donors (Lipinski definition) is 0. The van der Waals surface area contributed by atoms with E-state index >= 15 is 0 Å². The molecule has 0 N–H and O–H groups in total. The molecule has 1 heterocycles. The van der Waals surface area contributed by atoms with Gasteiger partial charge < -0.3 is 0 Å². The van der Waals surface area contributed by atoms with Gasteiger partial charge in [0, 0.05) is 10.6 Å². The van der Waals surface area contributed by atoms with Crippen LogP contribution >= 0.6 is 11.6 Å². The Bertz CT molecular complexity index is 806. The van der Waals surface area contributed by atoms with Crippen molar-refractivity contribution < 1.29 is 9.59 Å². The average Bonchev–Trinajstić information content (AvgIpc) is 2.61. The maximum Gasteiger partial charge on any atom is 0.273 e. The molecule has 0 atom stereocenters. The van der Waals surface area contributed by atoms with Gasteiger partial charge >= 0.3 is 0 Å². The Kier molecular flexibility index (Phi) is 3.72. The maximum atomic E-state index is 13.5. The minimum Gasteiger partial charge on any atom is -0.270 e. The van der Waals surface area contributed by atoms with E-state index in [4.69, 9.17) is 11.6 Å². The van der Waals surface area contributed by atoms with Crippen LogP contribution in [0.4, 0.5) is 0 Å². The summed E-state index contributed by atoms with van der Waals surface area (Å²) >= 11 is 6.16. The van der Waals surface area contributed by atoms with Gasteiger partial charge in [-0.1, -0.05) is 17.7 Å². The summed E-state index contributed by atoms with van der Waals surface area (Å²) in [6.07, 6.45) is 6.27. The first-order valence-corrected chi connectivity index (χ1v) is 10.6. The summed E-state index contributed by atoms with van der Waals surface area (Å²) in [4.78, 5) is 26.6. The number of carbonyl (C=O) groups is 2. The monoisotopic (exact) mass is 386 g/mol. The third-order valence-corrected chi connectivity index (χ3v) is 7.79. The molecule has 2 amide bonds. The highest BCUT2D eigenvalue weighted by atomic mass is 35.5. The highest BCUT2D eigenvalue weighted by molar-refractivity contribution is 6.31. The second-order valence-electron chi connectivity index (χ2n) is 9.71. The molecule has 5 heteroatoms. The molecular weight excluding hydrogens is 360 g/mol. The summed E-state index contributed by atoms with van der Waals surface area (Å²) in [5, 5.41) is 4.13. The molecule has 4 saturated carbocycles. The first kappa shape index (κ1) is 17.5. The second kappa shape index (κ2) is 5.73. The van der Waals surface area contributed by atoms with E-state index in [1.165, 1.54) is 32.1 Å². The third-order valence-electron chi connectivity index (χ3n) is 7.56. The molecule has 4 aliphatic carbocycles. The number of halogens is 1. The van der Waals surface area contributed by atoms with Crippen molar-refractivity contribution in [3.05, 3.63) is 34.3 Å². The van der Waals surface area contributed by atoms with Crippen LogP contribution in [0, 0.1) is 30.6 Å². The number of hydrogen-bond acceptors (Lipinski definition) is 2. The van der Waals surface area contributed by atoms with Crippen LogP contribution in [0.25, 0.3) is 0 Å². The quantitative estimate of drug-likeness (QED) is 0.753. The van der Waals surface area contributed by atoms with Gasteiger partial charge in [0.15, 0.2) is 0 Å². The van der Waals surface area contributed by atoms with Crippen molar-refractivity contribution >= 4 is 23.4 Å². The van der Waals surface area contributed by atoms with E-state index in [0.29, 0.717) is 22.4 Å². The van der Waals surface area contributed by atoms with Crippen molar-refractivity contribution in [1.82, 2.24) is 10.0 Å². The predicted molar refractivity (Wildman–Crippen MR) is 104 cm³/mol. The molecule has 4 nitrogen and oxygen atoms in total. The van der Waals surface area contributed by atoms with E-state index in [1.54, 1.807) is 17.1 Å². The number of rotatable bonds is 2. The highest BCUT2D eigenvalue weighted by Gasteiger charge is 2.62. The van der Waals surface area contributed by atoms with E-state index in [1.807, 2.05) is 31.8 Å². The zero-order chi connectivity index (χ0) is 19.1. The Morgan fingerprint density at radius 1 is 1.07 bits per heavy atom. The van der Waals surface area contributed by atoms with Crippen LogP contribution in [-0.2, 0) is 4.79 Å². The van der Waals surface area contributed by atoms with Gasteiger partial charge in [-0.2, -0.15) is 0 Å². The number of carbonyl (C=O) groups excluding carboxylic acids is 2. The molecule has 4 bridgehead atoms. The minimum atomic E-state index is -0.791. The summed E-state index contributed by atoms with van der Waals surface area (Å²) < 4.78 is 0. The molecule has 27 heavy (non-hydrogen) atoms. The summed E-state index contributed by atoms with van der Waals surface area (Å²) in [6, 6.07) is 5.60. The SMILES string of the molecule is Cc1ccc(Cl)cc1C(=O)N1N(C2C3CC4CC(C3)CC2C4)C(=O)C1(C)C. The van der Waals surface area contributed by atoms with E-state index in [2.05, 4.69) is 0 Å². The van der Waals surface area contributed by atoms with Crippen LogP contribution in [-0.4, -0.2) is 33.4 Å². The van der Waals surface area contributed by atoms with Crippen molar-refractivity contribution in [2.24, 2.45) is 23.7 Å². The molecule has 1 aromatic rings. The lowest BCUT2D eigenvalue weighted by Crippen LogP contribution is -2.80. The van der Waals surface area contributed by atoms with Gasteiger partial charge in [0.1, 0.15) is 5.54 Å². The van der Waals surface area contributed by atoms with Crippen molar-refractivity contribution in [1.29, 1.82) is 0 Å². The Balaban J connectivity index is 1.50. The Hall–Kier alpha value is -1.55. The van der Waals surface area contributed by atoms with Gasteiger partial charge in [0.25, 0.3) is 11.8 Å². The molecule has 6 rings (SSSR count). The lowest BCUT2D eigenvalue weighted by Gasteiger charge is -2.65. The Labute approximate surface area is 165 Å². The molecule has 1 aromatic carbocycles. The molecule has 0 aromatic heterocycles. The van der Waals surface area contributed by atoms with Crippen LogP contribution in [0.15, 0.2) is 18.2 Å². The van der Waals surface area contributed by atoms with Crippen LogP contribution in [0.3, 0.4) is 0 Å². The van der Waals surface area contributed by atoms with Crippen LogP contribution < -0.4 is 0 Å². The number of aryl methyl sites for hydroxylation is 1. The molecule has 144 valence electrons. The first-order chi connectivity index (χ1) is 12.8. The fraction of sp³-hybridized carbons (Fsp3) is 0.636. The summed E-state index contributed by atoms with van der Waals surface area (Å²) in [6.45, 7) is 5.64. The van der Waals surface area contributed by atoms with E-state index < -0.39 is 5.54 Å². The number of nitrogens with zero attached hydrogens (tertiary/aromatic N) is 2. The van der Waals surface area contributed by atoms with Gasteiger partial charge in [-0.05, 0) is 94.2 Å². The molecule has 5 aliphatic rings. The lowest BCUT2D eigenvalue weighted by molar-refractivity contribution is -0.230. The smallest absolute Gasteiger partial charge is 0.270 e. The summed E-state index contributed by atoms with van der Waals surface area (Å²) in [5.74, 6) is 2.77. The topological polar surface area (TPSA) is 40.6 Å². The van der Waals surface area contributed by atoms with Gasteiger partial charge in [0.2, 0.25) is 0 Å². The van der Waals surface area contributed by atoms with Crippen molar-refractivity contribution in [2.75, 3.05) is 0 Å². The Morgan fingerprint density at radius 2 is 1.67 bits per heavy atom. The molecule has 0 radical (unpaired) electrons. The third kappa shape index (κ3) is 2.41. The molecule has 1 saturated heterocycles. The van der Waals surface area contributed by atoms with Crippen molar-refractivity contribution in [3.63, 3.8) is 0 Å². The predicted octanol–water partition coefficient (Wildman–Crippen LogP) is 4.45. The maximum absolute atomic E-state index is 13.5. The van der Waals surface area contributed by atoms with Gasteiger partial charge in [-0.25, -0.2) is 10.0 Å². The van der Waals surface area contributed by atoms with Crippen molar-refractivity contribution in [2.45, 2.75) is 64.5 Å². The van der Waals surface area contributed by atoms with Crippen LogP contribution in [0.5, 0.6) is 0 Å². The molecule has 0 spiro atoms. The fourth-order valence-electron chi connectivity index (χ4n) is 6.54. The highest BCUT2D eigenvalue weighted by Crippen LogP contribution is 2.57. The molecular formula is C22H27ClN2O2. The normalized spacial score (nSPS) is 36.1. The van der Waals surface area contributed by atoms with Crippen LogP contribution in [0.1, 0.15) is 61.9 Å². The fourth-order valence-corrected chi connectivity index (χ4v) is 6.71. The summed E-state index contributed by atoms with van der Waals surface area (Å²) in [7, 11) is 0. The average molecular weight is 387 g/mol. The largest absolute Gasteiger partial charge is 0.273 e. The van der Waals surface area contributed by atoms with E-state index in [-0.39, 0.29) is 17.9 Å². The first-order valence-electron chi connectivity index (χ1n) is 10.2. The number of benzene rings is 1. The molecule has 1 aliphatic heterocycles. The number of hydrazine groups is 1. The van der Waals surface area contributed by atoms with Crippen LogP contribution in [0.2, 0.25) is 5.02 Å². The second-order valence-corrected chi connectivity index (χ2v) is 10.1.